The molecule has 3 unspecified atom stereocenters. The maximum atomic E-state index is 13.3. The van der Waals surface area contributed by atoms with Crippen LogP contribution in [0, 0.1) is 22.6 Å². The Hall–Kier alpha value is -1.09. The number of hydrogen-bond donors (Lipinski definition) is 2. The van der Waals surface area contributed by atoms with E-state index in [1.54, 1.807) is 0 Å². The van der Waals surface area contributed by atoms with E-state index in [2.05, 4.69) is 26.1 Å². The molecule has 2 bridgehead atoms. The van der Waals surface area contributed by atoms with E-state index in [9.17, 15) is 9.50 Å². The molecule has 1 aromatic rings. The molecule has 2 saturated carbocycles. The van der Waals surface area contributed by atoms with E-state index < -0.39 is 0 Å². The molecule has 0 spiro atoms. The molecule has 3 atom stereocenters. The van der Waals surface area contributed by atoms with Crippen LogP contribution in [0.4, 0.5) is 4.39 Å². The summed E-state index contributed by atoms with van der Waals surface area (Å²) in [5.74, 6) is 0.664. The van der Waals surface area contributed by atoms with Gasteiger partial charge in [0.25, 0.3) is 0 Å². The molecular formula is C17H24FNO. The fourth-order valence-electron chi connectivity index (χ4n) is 4.44. The van der Waals surface area contributed by atoms with E-state index in [0.29, 0.717) is 29.0 Å². The lowest BCUT2D eigenvalue weighted by molar-refractivity contribution is 0.120. The first kappa shape index (κ1) is 13.9. The average Bonchev–Trinajstić information content (AvgIpc) is 2.72. The maximum absolute atomic E-state index is 13.3. The molecule has 2 aliphatic carbocycles. The monoisotopic (exact) mass is 277 g/mol. The maximum Gasteiger partial charge on any atom is 0.123 e. The number of nitrogens with one attached hydrogen (secondary N) is 1. The van der Waals surface area contributed by atoms with Gasteiger partial charge in [0.2, 0.25) is 0 Å². The SMILES string of the molecule is CC1(C)C2CCC1(C)C(NCc1cc(F)ccc1O)C2. The summed E-state index contributed by atoms with van der Waals surface area (Å²) in [5.41, 5.74) is 1.32. The van der Waals surface area contributed by atoms with Crippen LogP contribution in [0.15, 0.2) is 18.2 Å². The predicted molar refractivity (Wildman–Crippen MR) is 77.9 cm³/mol. The standard InChI is InChI=1S/C17H24FNO/c1-16(2)12-6-7-17(16,3)15(9-12)19-10-11-8-13(18)4-5-14(11)20/h4-5,8,12,15,19-20H,6-7,9-10H2,1-3H3. The molecular weight excluding hydrogens is 253 g/mol. The zero-order chi connectivity index (χ0) is 14.5. The van der Waals surface area contributed by atoms with E-state index in [0.717, 1.165) is 5.92 Å². The van der Waals surface area contributed by atoms with Crippen molar-refractivity contribution in [3.63, 3.8) is 0 Å². The normalized spacial score (nSPS) is 34.6. The molecule has 0 radical (unpaired) electrons. The van der Waals surface area contributed by atoms with E-state index in [1.165, 1.54) is 37.5 Å². The minimum absolute atomic E-state index is 0.173. The fraction of sp³-hybridized carbons (Fsp3) is 0.647. The van der Waals surface area contributed by atoms with Crippen molar-refractivity contribution < 1.29 is 9.50 Å². The highest BCUT2D eigenvalue weighted by atomic mass is 19.1. The van der Waals surface area contributed by atoms with Gasteiger partial charge in [0.1, 0.15) is 11.6 Å². The lowest BCUT2D eigenvalue weighted by atomic mass is 9.69. The second kappa shape index (κ2) is 4.45. The number of phenolic OH excluding ortho intramolecular Hbond substituents is 1. The van der Waals surface area contributed by atoms with Crippen molar-refractivity contribution in [2.45, 2.75) is 52.6 Å². The Morgan fingerprint density at radius 1 is 1.35 bits per heavy atom. The highest BCUT2D eigenvalue weighted by molar-refractivity contribution is 5.32. The summed E-state index contributed by atoms with van der Waals surface area (Å²) >= 11 is 0. The second-order valence-corrected chi connectivity index (χ2v) is 7.32. The number of phenols is 1. The minimum Gasteiger partial charge on any atom is -0.508 e. The molecule has 0 heterocycles. The van der Waals surface area contributed by atoms with Crippen molar-refractivity contribution in [3.8, 4) is 5.75 Å². The first-order valence-corrected chi connectivity index (χ1v) is 7.55. The smallest absolute Gasteiger partial charge is 0.123 e. The molecule has 0 amide bonds. The van der Waals surface area contributed by atoms with Crippen LogP contribution in [-0.2, 0) is 6.54 Å². The third-order valence-corrected chi connectivity index (χ3v) is 6.37. The van der Waals surface area contributed by atoms with Crippen LogP contribution in [0.3, 0.4) is 0 Å². The summed E-state index contributed by atoms with van der Waals surface area (Å²) in [6.07, 6.45) is 3.78. The molecule has 0 aliphatic heterocycles. The van der Waals surface area contributed by atoms with Gasteiger partial charge in [-0.25, -0.2) is 4.39 Å². The lowest BCUT2D eigenvalue weighted by Gasteiger charge is -2.39. The highest BCUT2D eigenvalue weighted by Gasteiger charge is 2.60. The molecule has 2 fully saturated rings. The Bertz CT molecular complexity index is 528. The second-order valence-electron chi connectivity index (χ2n) is 7.32. The molecule has 3 heteroatoms. The van der Waals surface area contributed by atoms with Gasteiger partial charge in [0.05, 0.1) is 0 Å². The van der Waals surface area contributed by atoms with Crippen molar-refractivity contribution in [3.05, 3.63) is 29.6 Å². The van der Waals surface area contributed by atoms with Gasteiger partial charge in [-0.1, -0.05) is 20.8 Å². The van der Waals surface area contributed by atoms with Crippen molar-refractivity contribution in [1.29, 1.82) is 0 Å². The number of benzene rings is 1. The molecule has 20 heavy (non-hydrogen) atoms. The zero-order valence-corrected chi connectivity index (χ0v) is 12.5. The molecule has 0 aromatic heterocycles. The molecule has 2 N–H and O–H groups in total. The van der Waals surface area contributed by atoms with E-state index >= 15 is 0 Å². The van der Waals surface area contributed by atoms with Crippen molar-refractivity contribution in [1.82, 2.24) is 5.32 Å². The quantitative estimate of drug-likeness (QED) is 0.880. The Balaban J connectivity index is 1.73. The van der Waals surface area contributed by atoms with Crippen molar-refractivity contribution in [2.24, 2.45) is 16.7 Å². The summed E-state index contributed by atoms with van der Waals surface area (Å²) in [5, 5.41) is 13.4. The lowest BCUT2D eigenvalue weighted by Crippen LogP contribution is -2.44. The van der Waals surface area contributed by atoms with Crippen LogP contribution >= 0.6 is 0 Å². The Morgan fingerprint density at radius 2 is 2.10 bits per heavy atom. The molecule has 0 saturated heterocycles. The van der Waals surface area contributed by atoms with Gasteiger partial charge in [-0.05, 0) is 54.2 Å². The van der Waals surface area contributed by atoms with Crippen LogP contribution in [-0.4, -0.2) is 11.1 Å². The van der Waals surface area contributed by atoms with Gasteiger partial charge < -0.3 is 10.4 Å². The summed E-state index contributed by atoms with van der Waals surface area (Å²) in [6, 6.07) is 4.60. The van der Waals surface area contributed by atoms with Crippen LogP contribution in [0.25, 0.3) is 0 Å². The van der Waals surface area contributed by atoms with Crippen LogP contribution < -0.4 is 5.32 Å². The first-order valence-electron chi connectivity index (χ1n) is 7.55. The summed E-state index contributed by atoms with van der Waals surface area (Å²) in [4.78, 5) is 0. The Kier molecular flexibility index (Phi) is 3.09. The third kappa shape index (κ3) is 1.86. The topological polar surface area (TPSA) is 32.3 Å². The van der Waals surface area contributed by atoms with Gasteiger partial charge in [-0.3, -0.25) is 0 Å². The zero-order valence-electron chi connectivity index (χ0n) is 12.5. The predicted octanol–water partition coefficient (Wildman–Crippen LogP) is 3.84. The number of hydrogen-bond acceptors (Lipinski definition) is 2. The summed E-state index contributed by atoms with van der Waals surface area (Å²) < 4.78 is 13.3. The first-order chi connectivity index (χ1) is 9.34. The van der Waals surface area contributed by atoms with Gasteiger partial charge in [0, 0.05) is 18.2 Å². The number of halogens is 1. The Morgan fingerprint density at radius 3 is 2.70 bits per heavy atom. The van der Waals surface area contributed by atoms with Crippen molar-refractivity contribution >= 4 is 0 Å². The number of rotatable bonds is 3. The largest absolute Gasteiger partial charge is 0.508 e. The summed E-state index contributed by atoms with van der Waals surface area (Å²) in [6.45, 7) is 7.67. The average molecular weight is 277 g/mol. The molecule has 2 aliphatic rings. The van der Waals surface area contributed by atoms with Gasteiger partial charge in [0.15, 0.2) is 0 Å². The van der Waals surface area contributed by atoms with Crippen LogP contribution in [0.1, 0.15) is 45.6 Å². The third-order valence-electron chi connectivity index (χ3n) is 6.37. The van der Waals surface area contributed by atoms with E-state index in [4.69, 9.17) is 0 Å². The molecule has 3 rings (SSSR count). The number of aromatic hydroxyl groups is 1. The van der Waals surface area contributed by atoms with Crippen LogP contribution in [0.2, 0.25) is 0 Å². The molecule has 110 valence electrons. The highest BCUT2D eigenvalue weighted by Crippen LogP contribution is 2.65. The molecule has 2 nitrogen and oxygen atoms in total. The van der Waals surface area contributed by atoms with E-state index in [-0.39, 0.29) is 11.6 Å². The number of fused-ring (bicyclic) bond motifs is 2. The minimum atomic E-state index is -0.293. The van der Waals surface area contributed by atoms with Crippen LogP contribution in [0.5, 0.6) is 5.75 Å². The van der Waals surface area contributed by atoms with Gasteiger partial charge in [-0.15, -0.1) is 0 Å². The summed E-state index contributed by atoms with van der Waals surface area (Å²) in [7, 11) is 0. The Labute approximate surface area is 120 Å². The fourth-order valence-corrected chi connectivity index (χ4v) is 4.44. The molecule has 1 aromatic carbocycles. The van der Waals surface area contributed by atoms with Gasteiger partial charge >= 0.3 is 0 Å². The van der Waals surface area contributed by atoms with E-state index in [1.807, 2.05) is 0 Å². The van der Waals surface area contributed by atoms with Gasteiger partial charge in [-0.2, -0.15) is 0 Å². The van der Waals surface area contributed by atoms with Crippen molar-refractivity contribution in [2.75, 3.05) is 0 Å².